The summed E-state index contributed by atoms with van der Waals surface area (Å²) in [6.45, 7) is 3.90. The van der Waals surface area contributed by atoms with Crippen LogP contribution in [0.15, 0.2) is 66.8 Å². The number of hydrogen-bond acceptors (Lipinski definition) is 1. The second-order valence-corrected chi connectivity index (χ2v) is 4.39. The summed E-state index contributed by atoms with van der Waals surface area (Å²) in [7, 11) is 0. The standard InChI is InChI=1S/C18H16O/c1-3-18(19)15(2)11-7-5-4-6-8-12-16-13-9-10-14-17(16)18/h1,4-5,7-14,19H,2,6H2/b5-4-,11-7-,12-8-. The van der Waals surface area contributed by atoms with Crippen LogP contribution in [-0.2, 0) is 5.60 Å². The number of aliphatic hydroxyl groups is 1. The molecule has 1 atom stereocenters. The Labute approximate surface area is 114 Å². The van der Waals surface area contributed by atoms with E-state index in [1.807, 2.05) is 54.6 Å². The van der Waals surface area contributed by atoms with Gasteiger partial charge in [0.1, 0.15) is 0 Å². The number of terminal acetylenes is 1. The second-order valence-electron chi connectivity index (χ2n) is 4.39. The van der Waals surface area contributed by atoms with Gasteiger partial charge < -0.3 is 5.11 Å². The van der Waals surface area contributed by atoms with Gasteiger partial charge in [0.05, 0.1) is 0 Å². The number of benzene rings is 1. The minimum absolute atomic E-state index is 0.488. The molecule has 1 aromatic rings. The first-order valence-electron chi connectivity index (χ1n) is 6.17. The van der Waals surface area contributed by atoms with Crippen LogP contribution in [0.25, 0.3) is 6.08 Å². The fourth-order valence-corrected chi connectivity index (χ4v) is 2.04. The molecule has 1 unspecified atom stereocenters. The van der Waals surface area contributed by atoms with Gasteiger partial charge in [0.2, 0.25) is 0 Å². The first kappa shape index (κ1) is 13.1. The Morgan fingerprint density at radius 2 is 1.95 bits per heavy atom. The number of allylic oxidation sites excluding steroid dienone is 4. The molecule has 0 saturated carbocycles. The average molecular weight is 248 g/mol. The van der Waals surface area contributed by atoms with Crippen molar-refractivity contribution in [2.75, 3.05) is 0 Å². The summed E-state index contributed by atoms with van der Waals surface area (Å²) >= 11 is 0. The van der Waals surface area contributed by atoms with Crippen LogP contribution in [-0.4, -0.2) is 5.11 Å². The maximum Gasteiger partial charge on any atom is 0.176 e. The summed E-state index contributed by atoms with van der Waals surface area (Å²) in [5.41, 5.74) is 0.607. The van der Waals surface area contributed by atoms with Gasteiger partial charge in [0.25, 0.3) is 0 Å². The van der Waals surface area contributed by atoms with Crippen molar-refractivity contribution in [1.29, 1.82) is 0 Å². The van der Waals surface area contributed by atoms with Crippen LogP contribution in [0.4, 0.5) is 0 Å². The van der Waals surface area contributed by atoms with E-state index in [-0.39, 0.29) is 0 Å². The minimum Gasteiger partial charge on any atom is -0.369 e. The zero-order valence-corrected chi connectivity index (χ0v) is 10.7. The predicted molar refractivity (Wildman–Crippen MR) is 80.2 cm³/mol. The van der Waals surface area contributed by atoms with Gasteiger partial charge in [-0.3, -0.25) is 0 Å². The fourth-order valence-electron chi connectivity index (χ4n) is 2.04. The van der Waals surface area contributed by atoms with Gasteiger partial charge in [-0.2, -0.15) is 0 Å². The number of fused-ring (bicyclic) bond motifs is 1. The molecule has 0 bridgehead atoms. The summed E-state index contributed by atoms with van der Waals surface area (Å²) in [4.78, 5) is 0. The van der Waals surface area contributed by atoms with E-state index in [1.54, 1.807) is 6.08 Å². The Balaban J connectivity index is 2.65. The largest absolute Gasteiger partial charge is 0.369 e. The molecule has 1 N–H and O–H groups in total. The van der Waals surface area contributed by atoms with Crippen molar-refractivity contribution in [1.82, 2.24) is 0 Å². The third-order valence-electron chi connectivity index (χ3n) is 3.14. The zero-order chi connectivity index (χ0) is 13.7. The molecular weight excluding hydrogens is 232 g/mol. The Bertz CT molecular complexity index is 611. The monoisotopic (exact) mass is 248 g/mol. The van der Waals surface area contributed by atoms with Crippen molar-refractivity contribution in [2.45, 2.75) is 12.0 Å². The van der Waals surface area contributed by atoms with Gasteiger partial charge in [-0.1, -0.05) is 73.2 Å². The highest BCUT2D eigenvalue weighted by atomic mass is 16.3. The predicted octanol–water partition coefficient (Wildman–Crippen LogP) is 3.59. The van der Waals surface area contributed by atoms with Crippen molar-refractivity contribution in [2.24, 2.45) is 0 Å². The topological polar surface area (TPSA) is 20.2 Å². The molecule has 0 aliphatic heterocycles. The molecule has 0 heterocycles. The third kappa shape index (κ3) is 2.59. The Morgan fingerprint density at radius 1 is 1.16 bits per heavy atom. The second kappa shape index (κ2) is 5.56. The molecule has 1 aliphatic carbocycles. The molecule has 0 aromatic heterocycles. The summed E-state index contributed by atoms with van der Waals surface area (Å²) in [5.74, 6) is 2.47. The molecule has 1 heteroatoms. The van der Waals surface area contributed by atoms with Gasteiger partial charge in [-0.05, 0) is 17.6 Å². The summed E-state index contributed by atoms with van der Waals surface area (Å²) in [5, 5.41) is 10.8. The maximum absolute atomic E-state index is 10.8. The Kier molecular flexibility index (Phi) is 3.85. The quantitative estimate of drug-likeness (QED) is 0.696. The molecule has 0 radical (unpaired) electrons. The van der Waals surface area contributed by atoms with Crippen LogP contribution in [0.1, 0.15) is 17.5 Å². The smallest absolute Gasteiger partial charge is 0.176 e. The van der Waals surface area contributed by atoms with E-state index in [0.29, 0.717) is 11.1 Å². The van der Waals surface area contributed by atoms with Gasteiger partial charge >= 0.3 is 0 Å². The molecule has 0 saturated heterocycles. The average Bonchev–Trinajstić information content (AvgIpc) is 2.47. The fraction of sp³-hybridized carbons (Fsp3) is 0.111. The van der Waals surface area contributed by atoms with Crippen LogP contribution >= 0.6 is 0 Å². The summed E-state index contributed by atoms with van der Waals surface area (Å²) in [6, 6.07) is 7.56. The molecular formula is C18H16O. The lowest BCUT2D eigenvalue weighted by Gasteiger charge is -2.25. The van der Waals surface area contributed by atoms with Crippen LogP contribution < -0.4 is 0 Å². The van der Waals surface area contributed by atoms with Crippen LogP contribution in [0.5, 0.6) is 0 Å². The third-order valence-corrected chi connectivity index (χ3v) is 3.14. The van der Waals surface area contributed by atoms with Crippen molar-refractivity contribution < 1.29 is 5.11 Å². The molecule has 2 rings (SSSR count). The number of rotatable bonds is 0. The lowest BCUT2D eigenvalue weighted by molar-refractivity contribution is 0.145. The summed E-state index contributed by atoms with van der Waals surface area (Å²) in [6.07, 6.45) is 17.9. The number of hydrogen-bond donors (Lipinski definition) is 1. The molecule has 1 nitrogen and oxygen atoms in total. The molecule has 1 aromatic carbocycles. The molecule has 0 fully saturated rings. The first-order valence-corrected chi connectivity index (χ1v) is 6.17. The van der Waals surface area contributed by atoms with E-state index >= 15 is 0 Å². The van der Waals surface area contributed by atoms with Gasteiger partial charge in [-0.25, -0.2) is 0 Å². The van der Waals surface area contributed by atoms with Crippen LogP contribution in [0, 0.1) is 12.3 Å². The van der Waals surface area contributed by atoms with E-state index in [9.17, 15) is 5.11 Å². The lowest BCUT2D eigenvalue weighted by Crippen LogP contribution is -2.26. The summed E-state index contributed by atoms with van der Waals surface area (Å²) < 4.78 is 0. The Morgan fingerprint density at radius 3 is 2.74 bits per heavy atom. The molecule has 19 heavy (non-hydrogen) atoms. The van der Waals surface area contributed by atoms with Crippen molar-refractivity contribution >= 4 is 6.08 Å². The lowest BCUT2D eigenvalue weighted by atomic mass is 9.84. The van der Waals surface area contributed by atoms with Gasteiger partial charge in [0.15, 0.2) is 5.60 Å². The van der Waals surface area contributed by atoms with Crippen molar-refractivity contribution in [3.63, 3.8) is 0 Å². The van der Waals surface area contributed by atoms with Crippen molar-refractivity contribution in [3.05, 3.63) is 77.9 Å². The van der Waals surface area contributed by atoms with E-state index in [4.69, 9.17) is 6.42 Å². The van der Waals surface area contributed by atoms with E-state index < -0.39 is 5.60 Å². The van der Waals surface area contributed by atoms with Crippen molar-refractivity contribution in [3.8, 4) is 12.3 Å². The molecule has 0 amide bonds. The van der Waals surface area contributed by atoms with E-state index in [2.05, 4.69) is 12.5 Å². The van der Waals surface area contributed by atoms with Gasteiger partial charge in [0, 0.05) is 5.56 Å². The zero-order valence-electron chi connectivity index (χ0n) is 10.7. The highest BCUT2D eigenvalue weighted by Gasteiger charge is 2.30. The molecule has 94 valence electrons. The minimum atomic E-state index is -1.48. The highest BCUT2D eigenvalue weighted by Crippen LogP contribution is 2.32. The maximum atomic E-state index is 10.8. The van der Waals surface area contributed by atoms with Gasteiger partial charge in [-0.15, -0.1) is 6.42 Å². The van der Waals surface area contributed by atoms with Crippen LogP contribution in [0.3, 0.4) is 0 Å². The Hall–Kier alpha value is -2.30. The van der Waals surface area contributed by atoms with E-state index in [0.717, 1.165) is 12.0 Å². The van der Waals surface area contributed by atoms with Crippen LogP contribution in [0.2, 0.25) is 0 Å². The SMILES string of the molecule is C#CC1(O)C(=C)/C=C\C=C/C/C=C\c2ccccc21. The highest BCUT2D eigenvalue weighted by molar-refractivity contribution is 5.60. The molecule has 0 spiro atoms. The molecule has 1 aliphatic rings. The normalized spacial score (nSPS) is 27.5. The first-order chi connectivity index (χ1) is 9.18. The van der Waals surface area contributed by atoms with E-state index in [1.165, 1.54) is 0 Å².